The summed E-state index contributed by atoms with van der Waals surface area (Å²) in [5.41, 5.74) is 8.97. The molecule has 0 aliphatic heterocycles. The Balaban J connectivity index is 1.46. The number of rotatable bonds is 11. The van der Waals surface area contributed by atoms with E-state index in [1.165, 1.54) is 24.3 Å². The standard InChI is InChI=1S/C32H30FN3O5/c1-19(24-15-16-27(33)26-7-3-2-6-25(24)26)31(40)35-28-17-22(13-14-23(28)18-37)32(41)36-30(34)21-11-9-20(10-12-21)5-4-8-29(38)39/h2-3,6-7,9-19,30H,4-5,8,34H2,1H3,(H,35,40)(H,36,41)(H,38,39). The fourth-order valence-corrected chi connectivity index (χ4v) is 4.60. The van der Waals surface area contributed by atoms with Crippen LogP contribution in [0.2, 0.25) is 0 Å². The second-order valence-electron chi connectivity index (χ2n) is 9.75. The van der Waals surface area contributed by atoms with E-state index in [0.29, 0.717) is 41.0 Å². The number of hydrogen-bond donors (Lipinski definition) is 4. The van der Waals surface area contributed by atoms with Gasteiger partial charge in [0.1, 0.15) is 12.0 Å². The third-order valence-corrected chi connectivity index (χ3v) is 6.95. The largest absolute Gasteiger partial charge is 0.481 e. The van der Waals surface area contributed by atoms with Gasteiger partial charge in [-0.1, -0.05) is 54.6 Å². The number of aliphatic carboxylic acids is 1. The Morgan fingerprint density at radius 1 is 0.976 bits per heavy atom. The first-order valence-corrected chi connectivity index (χ1v) is 13.1. The van der Waals surface area contributed by atoms with Crippen LogP contribution in [-0.2, 0) is 16.0 Å². The topological polar surface area (TPSA) is 139 Å². The Morgan fingerprint density at radius 3 is 2.37 bits per heavy atom. The summed E-state index contributed by atoms with van der Waals surface area (Å²) in [5.74, 6) is -2.84. The molecule has 0 spiro atoms. The first-order chi connectivity index (χ1) is 19.7. The summed E-state index contributed by atoms with van der Waals surface area (Å²) < 4.78 is 14.3. The lowest BCUT2D eigenvalue weighted by molar-refractivity contribution is -0.137. The molecule has 4 rings (SSSR count). The Morgan fingerprint density at radius 2 is 1.68 bits per heavy atom. The molecule has 0 aliphatic rings. The van der Waals surface area contributed by atoms with Gasteiger partial charge in [-0.3, -0.25) is 19.2 Å². The van der Waals surface area contributed by atoms with E-state index in [4.69, 9.17) is 10.8 Å². The van der Waals surface area contributed by atoms with Crippen molar-refractivity contribution in [1.29, 1.82) is 0 Å². The van der Waals surface area contributed by atoms with Crippen molar-refractivity contribution in [2.75, 3.05) is 5.32 Å². The molecule has 4 aromatic rings. The number of aryl methyl sites for hydroxylation is 1. The molecular formula is C32H30FN3O5. The predicted octanol–water partition coefficient (Wildman–Crippen LogP) is 5.33. The number of nitrogens with two attached hydrogens (primary N) is 1. The molecule has 2 amide bonds. The molecule has 0 saturated heterocycles. The highest BCUT2D eigenvalue weighted by atomic mass is 19.1. The average Bonchev–Trinajstić information content (AvgIpc) is 2.97. The van der Waals surface area contributed by atoms with Crippen LogP contribution in [0.25, 0.3) is 10.8 Å². The molecule has 2 unspecified atom stereocenters. The first kappa shape index (κ1) is 29.1. The van der Waals surface area contributed by atoms with E-state index in [-0.39, 0.29) is 29.1 Å². The number of carbonyl (C=O) groups excluding carboxylic acids is 3. The molecule has 0 heterocycles. The number of benzene rings is 4. The molecule has 0 radical (unpaired) electrons. The number of carboxylic acid groups (broad SMARTS) is 1. The Bertz CT molecular complexity index is 1600. The number of fused-ring (bicyclic) bond motifs is 1. The fraction of sp³-hybridized carbons (Fsp3) is 0.188. The third kappa shape index (κ3) is 7.01. The molecule has 9 heteroatoms. The third-order valence-electron chi connectivity index (χ3n) is 6.95. The van der Waals surface area contributed by atoms with Gasteiger partial charge in [-0.25, -0.2) is 4.39 Å². The molecule has 0 aliphatic carbocycles. The van der Waals surface area contributed by atoms with E-state index in [0.717, 1.165) is 5.56 Å². The molecule has 0 saturated carbocycles. The SMILES string of the molecule is CC(C(=O)Nc1cc(C(=O)NC(N)c2ccc(CCCC(=O)O)cc2)ccc1C=O)c1ccc(F)c2ccccc12. The maximum absolute atomic E-state index is 14.3. The Hall–Kier alpha value is -4.89. The zero-order chi connectivity index (χ0) is 29.5. The molecule has 8 nitrogen and oxygen atoms in total. The normalized spacial score (nSPS) is 12.4. The van der Waals surface area contributed by atoms with Gasteiger partial charge in [-0.2, -0.15) is 0 Å². The smallest absolute Gasteiger partial charge is 0.303 e. The summed E-state index contributed by atoms with van der Waals surface area (Å²) in [6.07, 6.45) is 0.976. The van der Waals surface area contributed by atoms with E-state index < -0.39 is 29.9 Å². The lowest BCUT2D eigenvalue weighted by atomic mass is 9.93. The van der Waals surface area contributed by atoms with Crippen LogP contribution in [0.3, 0.4) is 0 Å². The van der Waals surface area contributed by atoms with E-state index in [1.54, 1.807) is 49.4 Å². The van der Waals surface area contributed by atoms with Crippen molar-refractivity contribution in [2.24, 2.45) is 5.73 Å². The molecule has 0 bridgehead atoms. The van der Waals surface area contributed by atoms with Crippen LogP contribution in [0.5, 0.6) is 0 Å². The van der Waals surface area contributed by atoms with Crippen molar-refractivity contribution < 1.29 is 28.7 Å². The number of halogens is 1. The molecule has 41 heavy (non-hydrogen) atoms. The highest BCUT2D eigenvalue weighted by molar-refractivity contribution is 6.04. The fourth-order valence-electron chi connectivity index (χ4n) is 4.60. The van der Waals surface area contributed by atoms with Crippen LogP contribution < -0.4 is 16.4 Å². The minimum absolute atomic E-state index is 0.0880. The summed E-state index contributed by atoms with van der Waals surface area (Å²) in [7, 11) is 0. The van der Waals surface area contributed by atoms with Gasteiger partial charge in [-0.15, -0.1) is 0 Å². The van der Waals surface area contributed by atoms with Crippen molar-refractivity contribution in [3.05, 3.63) is 112 Å². The molecule has 210 valence electrons. The van der Waals surface area contributed by atoms with Crippen molar-refractivity contribution in [3.8, 4) is 0 Å². The maximum Gasteiger partial charge on any atom is 0.303 e. The molecule has 2 atom stereocenters. The van der Waals surface area contributed by atoms with Crippen molar-refractivity contribution >= 4 is 40.5 Å². The van der Waals surface area contributed by atoms with Gasteiger partial charge in [0, 0.05) is 22.9 Å². The van der Waals surface area contributed by atoms with Gasteiger partial charge in [0.25, 0.3) is 5.91 Å². The lowest BCUT2D eigenvalue weighted by Crippen LogP contribution is -2.34. The minimum atomic E-state index is -0.841. The van der Waals surface area contributed by atoms with Gasteiger partial charge < -0.3 is 21.5 Å². The van der Waals surface area contributed by atoms with E-state index in [1.807, 2.05) is 12.1 Å². The summed E-state index contributed by atoms with van der Waals surface area (Å²) >= 11 is 0. The highest BCUT2D eigenvalue weighted by Crippen LogP contribution is 2.29. The van der Waals surface area contributed by atoms with Gasteiger partial charge in [0.2, 0.25) is 5.91 Å². The van der Waals surface area contributed by atoms with Crippen LogP contribution in [0.4, 0.5) is 10.1 Å². The highest BCUT2D eigenvalue weighted by Gasteiger charge is 2.21. The minimum Gasteiger partial charge on any atom is -0.481 e. The summed E-state index contributed by atoms with van der Waals surface area (Å²) in [6.45, 7) is 1.68. The number of nitrogens with one attached hydrogen (secondary N) is 2. The number of aldehydes is 1. The van der Waals surface area contributed by atoms with Crippen LogP contribution in [0, 0.1) is 5.82 Å². The second-order valence-corrected chi connectivity index (χ2v) is 9.75. The summed E-state index contributed by atoms with van der Waals surface area (Å²) in [5, 5.41) is 15.2. The molecule has 4 aromatic carbocycles. The zero-order valence-corrected chi connectivity index (χ0v) is 22.4. The molecule has 0 fully saturated rings. The van der Waals surface area contributed by atoms with Gasteiger partial charge in [0.05, 0.1) is 11.6 Å². The average molecular weight is 556 g/mol. The van der Waals surface area contributed by atoms with Crippen molar-refractivity contribution in [1.82, 2.24) is 5.32 Å². The number of anilines is 1. The first-order valence-electron chi connectivity index (χ1n) is 13.1. The van der Waals surface area contributed by atoms with E-state index in [2.05, 4.69) is 10.6 Å². The number of carbonyl (C=O) groups is 4. The van der Waals surface area contributed by atoms with Crippen LogP contribution in [-0.4, -0.2) is 29.2 Å². The van der Waals surface area contributed by atoms with E-state index >= 15 is 0 Å². The molecule has 5 N–H and O–H groups in total. The van der Waals surface area contributed by atoms with Crippen molar-refractivity contribution in [3.63, 3.8) is 0 Å². The molecule has 0 aromatic heterocycles. The number of carboxylic acids is 1. The molecular weight excluding hydrogens is 525 g/mol. The van der Waals surface area contributed by atoms with Crippen LogP contribution in [0.15, 0.2) is 78.9 Å². The Kier molecular flexibility index (Phi) is 9.21. The van der Waals surface area contributed by atoms with Crippen molar-refractivity contribution in [2.45, 2.75) is 38.3 Å². The second kappa shape index (κ2) is 13.0. The zero-order valence-electron chi connectivity index (χ0n) is 22.4. The van der Waals surface area contributed by atoms with Crippen LogP contribution >= 0.6 is 0 Å². The van der Waals surface area contributed by atoms with Crippen LogP contribution in [0.1, 0.15) is 69.3 Å². The Labute approximate surface area is 236 Å². The van der Waals surface area contributed by atoms with Gasteiger partial charge >= 0.3 is 5.97 Å². The summed E-state index contributed by atoms with van der Waals surface area (Å²) in [6, 6.07) is 21.3. The van der Waals surface area contributed by atoms with Gasteiger partial charge in [0.15, 0.2) is 6.29 Å². The maximum atomic E-state index is 14.3. The monoisotopic (exact) mass is 555 g/mol. The van der Waals surface area contributed by atoms with Gasteiger partial charge in [-0.05, 0) is 66.1 Å². The number of hydrogen-bond acceptors (Lipinski definition) is 5. The number of amides is 2. The summed E-state index contributed by atoms with van der Waals surface area (Å²) in [4.78, 5) is 48.6. The lowest BCUT2D eigenvalue weighted by Gasteiger charge is -2.18. The van der Waals surface area contributed by atoms with E-state index in [9.17, 15) is 23.6 Å². The predicted molar refractivity (Wildman–Crippen MR) is 154 cm³/mol. The quantitative estimate of drug-likeness (QED) is 0.146.